The molecule has 4 rings (SSSR count). The van der Waals surface area contributed by atoms with Gasteiger partial charge in [0.15, 0.2) is 0 Å². The largest absolute Gasteiger partial charge is 0.338 e. The highest BCUT2D eigenvalue weighted by Gasteiger charge is 2.24. The number of hydrogen-bond donors (Lipinski definition) is 0. The molecule has 0 N–H and O–H groups in total. The van der Waals surface area contributed by atoms with Crippen molar-refractivity contribution in [2.75, 3.05) is 18.8 Å². The Balaban J connectivity index is 1.49. The number of benzene rings is 2. The van der Waals surface area contributed by atoms with Crippen LogP contribution in [0.25, 0.3) is 5.69 Å². The van der Waals surface area contributed by atoms with Crippen LogP contribution in [0.1, 0.15) is 27.6 Å². The lowest BCUT2D eigenvalue weighted by atomic mass is 10.1. The van der Waals surface area contributed by atoms with E-state index in [1.807, 2.05) is 53.6 Å². The van der Waals surface area contributed by atoms with E-state index in [9.17, 15) is 9.18 Å². The molecule has 1 fully saturated rings. The minimum atomic E-state index is -0.165. The van der Waals surface area contributed by atoms with Gasteiger partial charge in [-0.15, -0.1) is 0 Å². The van der Waals surface area contributed by atoms with Crippen molar-refractivity contribution in [2.45, 2.75) is 11.7 Å². The van der Waals surface area contributed by atoms with Crippen LogP contribution in [-0.4, -0.2) is 39.4 Å². The van der Waals surface area contributed by atoms with Gasteiger partial charge in [0.25, 0.3) is 5.91 Å². The first-order chi connectivity index (χ1) is 13.2. The molecule has 1 aliphatic rings. The molecule has 138 valence electrons. The van der Waals surface area contributed by atoms with E-state index in [0.717, 1.165) is 23.4 Å². The average Bonchev–Trinajstić information content (AvgIpc) is 3.13. The minimum absolute atomic E-state index is 0.0128. The van der Waals surface area contributed by atoms with E-state index in [4.69, 9.17) is 0 Å². The number of carbonyl (C=O) groups excluding carboxylic acids is 1. The topological polar surface area (TPSA) is 38.1 Å². The average molecular weight is 381 g/mol. The highest BCUT2D eigenvalue weighted by molar-refractivity contribution is 7.99. The van der Waals surface area contributed by atoms with E-state index < -0.39 is 0 Å². The summed E-state index contributed by atoms with van der Waals surface area (Å²) in [7, 11) is 0. The van der Waals surface area contributed by atoms with Crippen LogP contribution in [0.15, 0.2) is 67.0 Å². The molecule has 1 amide bonds. The molecule has 2 aromatic carbocycles. The number of thioether (sulfide) groups is 1. The molecule has 1 aromatic heterocycles. The molecule has 0 saturated carbocycles. The molecule has 6 heteroatoms. The Bertz CT molecular complexity index is 929. The minimum Gasteiger partial charge on any atom is -0.338 e. The second kappa shape index (κ2) is 7.96. The number of aromatic nitrogens is 2. The molecule has 27 heavy (non-hydrogen) atoms. The third-order valence-electron chi connectivity index (χ3n) is 4.74. The predicted molar refractivity (Wildman–Crippen MR) is 106 cm³/mol. The third kappa shape index (κ3) is 3.90. The molecule has 3 aromatic rings. The number of amides is 1. The summed E-state index contributed by atoms with van der Waals surface area (Å²) in [5.41, 5.74) is 2.24. The molecule has 1 aliphatic heterocycles. The number of hydrogen-bond acceptors (Lipinski definition) is 3. The lowest BCUT2D eigenvalue weighted by molar-refractivity contribution is 0.0766. The van der Waals surface area contributed by atoms with E-state index in [2.05, 4.69) is 5.10 Å². The number of rotatable bonds is 3. The van der Waals surface area contributed by atoms with Gasteiger partial charge in [-0.2, -0.15) is 16.9 Å². The van der Waals surface area contributed by atoms with Crippen LogP contribution in [0.4, 0.5) is 4.39 Å². The molecule has 0 spiro atoms. The summed E-state index contributed by atoms with van der Waals surface area (Å²) >= 11 is 1.72. The maximum atomic E-state index is 14.1. The summed E-state index contributed by atoms with van der Waals surface area (Å²) in [5.74, 6) is 0.643. The fourth-order valence-electron chi connectivity index (χ4n) is 3.34. The predicted octanol–water partition coefficient (Wildman–Crippen LogP) is 4.33. The molecular formula is C21H20FN3OS. The molecule has 0 unspecified atom stereocenters. The van der Waals surface area contributed by atoms with Crippen LogP contribution in [0, 0.1) is 5.82 Å². The van der Waals surface area contributed by atoms with Gasteiger partial charge in [-0.05, 0) is 36.8 Å². The SMILES string of the molecule is O=C(c1cccc(-n2cccn2)c1)N1CCS[C@@H](c2ccccc2F)CC1. The van der Waals surface area contributed by atoms with E-state index in [0.29, 0.717) is 18.7 Å². The smallest absolute Gasteiger partial charge is 0.253 e. The van der Waals surface area contributed by atoms with Crippen LogP contribution in [0.2, 0.25) is 0 Å². The van der Waals surface area contributed by atoms with E-state index in [1.165, 1.54) is 6.07 Å². The van der Waals surface area contributed by atoms with Crippen LogP contribution >= 0.6 is 11.8 Å². The summed E-state index contributed by atoms with van der Waals surface area (Å²) in [6.07, 6.45) is 4.31. The van der Waals surface area contributed by atoms with Crippen molar-refractivity contribution in [3.8, 4) is 5.69 Å². The Morgan fingerprint density at radius 2 is 2.00 bits per heavy atom. The summed E-state index contributed by atoms with van der Waals surface area (Å²) in [4.78, 5) is 14.9. The second-order valence-corrected chi connectivity index (χ2v) is 7.77. The Morgan fingerprint density at radius 3 is 2.81 bits per heavy atom. The number of halogens is 1. The van der Waals surface area contributed by atoms with Crippen molar-refractivity contribution in [1.82, 2.24) is 14.7 Å². The van der Waals surface area contributed by atoms with Gasteiger partial charge >= 0.3 is 0 Å². The third-order valence-corrected chi connectivity index (χ3v) is 6.05. The lowest BCUT2D eigenvalue weighted by Crippen LogP contribution is -2.33. The Morgan fingerprint density at radius 1 is 1.11 bits per heavy atom. The van der Waals surface area contributed by atoms with Crippen molar-refractivity contribution in [3.63, 3.8) is 0 Å². The molecule has 0 bridgehead atoms. The number of carbonyl (C=O) groups is 1. The molecule has 2 heterocycles. The highest BCUT2D eigenvalue weighted by Crippen LogP contribution is 2.35. The van der Waals surface area contributed by atoms with Crippen molar-refractivity contribution in [3.05, 3.63) is 83.9 Å². The fraction of sp³-hybridized carbons (Fsp3) is 0.238. The van der Waals surface area contributed by atoms with Crippen LogP contribution in [0.5, 0.6) is 0 Å². The summed E-state index contributed by atoms with van der Waals surface area (Å²) in [5, 5.41) is 4.30. The maximum Gasteiger partial charge on any atom is 0.253 e. The van der Waals surface area contributed by atoms with E-state index in [-0.39, 0.29) is 17.0 Å². The van der Waals surface area contributed by atoms with Gasteiger partial charge in [0.2, 0.25) is 0 Å². The Kier molecular flexibility index (Phi) is 5.25. The van der Waals surface area contributed by atoms with E-state index >= 15 is 0 Å². The molecule has 1 saturated heterocycles. The van der Waals surface area contributed by atoms with Gasteiger partial charge in [0, 0.05) is 47.6 Å². The van der Waals surface area contributed by atoms with Crippen LogP contribution in [-0.2, 0) is 0 Å². The molecule has 0 aliphatic carbocycles. The van der Waals surface area contributed by atoms with Crippen molar-refractivity contribution in [2.24, 2.45) is 0 Å². The Labute approximate surface area is 162 Å². The van der Waals surface area contributed by atoms with Gasteiger partial charge < -0.3 is 4.90 Å². The summed E-state index contributed by atoms with van der Waals surface area (Å²) < 4.78 is 15.8. The first-order valence-electron chi connectivity index (χ1n) is 8.98. The maximum absolute atomic E-state index is 14.1. The monoisotopic (exact) mass is 381 g/mol. The van der Waals surface area contributed by atoms with Crippen molar-refractivity contribution < 1.29 is 9.18 Å². The standard InChI is InChI=1S/C21H20FN3OS/c22-19-8-2-1-7-18(19)20-9-12-24(13-14-27-20)21(26)16-5-3-6-17(15-16)25-11-4-10-23-25/h1-8,10-11,15,20H,9,12-14H2/t20-/m1/s1. The highest BCUT2D eigenvalue weighted by atomic mass is 32.2. The van der Waals surface area contributed by atoms with Gasteiger partial charge in [-0.25, -0.2) is 9.07 Å². The van der Waals surface area contributed by atoms with Gasteiger partial charge in [-0.1, -0.05) is 24.3 Å². The van der Waals surface area contributed by atoms with Gasteiger partial charge in [0.05, 0.1) is 5.69 Å². The first-order valence-corrected chi connectivity index (χ1v) is 10.0. The van der Waals surface area contributed by atoms with Crippen molar-refractivity contribution >= 4 is 17.7 Å². The van der Waals surface area contributed by atoms with Crippen LogP contribution < -0.4 is 0 Å². The lowest BCUT2D eigenvalue weighted by Gasteiger charge is -2.21. The zero-order valence-electron chi connectivity index (χ0n) is 14.8. The quantitative estimate of drug-likeness (QED) is 0.678. The fourth-order valence-corrected chi connectivity index (χ4v) is 4.60. The van der Waals surface area contributed by atoms with Crippen LogP contribution in [0.3, 0.4) is 0 Å². The Hall–Kier alpha value is -2.60. The molecular weight excluding hydrogens is 361 g/mol. The zero-order chi connectivity index (χ0) is 18.6. The zero-order valence-corrected chi connectivity index (χ0v) is 15.6. The second-order valence-electron chi connectivity index (χ2n) is 6.46. The van der Waals surface area contributed by atoms with Gasteiger partial charge in [-0.3, -0.25) is 4.79 Å². The summed E-state index contributed by atoms with van der Waals surface area (Å²) in [6, 6.07) is 16.3. The van der Waals surface area contributed by atoms with E-state index in [1.54, 1.807) is 28.7 Å². The molecule has 4 nitrogen and oxygen atoms in total. The first kappa shape index (κ1) is 17.8. The molecule has 1 atom stereocenters. The van der Waals surface area contributed by atoms with Crippen molar-refractivity contribution in [1.29, 1.82) is 0 Å². The molecule has 0 radical (unpaired) electrons. The number of nitrogens with zero attached hydrogens (tertiary/aromatic N) is 3. The summed E-state index contributed by atoms with van der Waals surface area (Å²) in [6.45, 7) is 1.29. The van der Waals surface area contributed by atoms with Gasteiger partial charge in [0.1, 0.15) is 5.82 Å². The normalized spacial score (nSPS) is 17.5.